The molecule has 1 amide bonds. The van der Waals surface area contributed by atoms with Crippen LogP contribution in [0.3, 0.4) is 0 Å². The third-order valence-electron chi connectivity index (χ3n) is 6.20. The fourth-order valence-corrected chi connectivity index (χ4v) is 4.37. The molecule has 1 N–H and O–H groups in total. The molecule has 32 heavy (non-hydrogen) atoms. The second-order valence-corrected chi connectivity index (χ2v) is 9.87. The summed E-state index contributed by atoms with van der Waals surface area (Å²) in [7, 11) is 0. The van der Waals surface area contributed by atoms with Gasteiger partial charge in [0, 0.05) is 31.1 Å². The molecule has 4 nitrogen and oxygen atoms in total. The van der Waals surface area contributed by atoms with Crippen LogP contribution in [0.5, 0.6) is 5.75 Å². The number of aryl methyl sites for hydroxylation is 2. The highest BCUT2D eigenvalue weighted by molar-refractivity contribution is 5.82. The van der Waals surface area contributed by atoms with Crippen molar-refractivity contribution in [1.29, 1.82) is 0 Å². The highest BCUT2D eigenvalue weighted by Gasteiger charge is 2.30. The minimum absolute atomic E-state index is 0.169. The van der Waals surface area contributed by atoms with Crippen LogP contribution in [0, 0.1) is 19.3 Å². The molecule has 0 aliphatic carbocycles. The number of hydrogen-bond acceptors (Lipinski definition) is 3. The molecule has 2 rings (SSSR count). The van der Waals surface area contributed by atoms with Crippen molar-refractivity contribution in [2.24, 2.45) is 5.41 Å². The van der Waals surface area contributed by atoms with Gasteiger partial charge in [0.05, 0.1) is 6.61 Å². The predicted octanol–water partition coefficient (Wildman–Crippen LogP) is 5.98. The summed E-state index contributed by atoms with van der Waals surface area (Å²) in [6.07, 6.45) is 11.4. The van der Waals surface area contributed by atoms with Crippen LogP contribution in [0.25, 0.3) is 0 Å². The van der Waals surface area contributed by atoms with Crippen LogP contribution in [-0.4, -0.2) is 43.1 Å². The van der Waals surface area contributed by atoms with Crippen LogP contribution < -0.4 is 10.1 Å². The Morgan fingerprint density at radius 1 is 1.19 bits per heavy atom. The molecule has 0 bridgehead atoms. The first-order valence-electron chi connectivity index (χ1n) is 12.3. The van der Waals surface area contributed by atoms with Gasteiger partial charge >= 0.3 is 0 Å². The molecule has 0 radical (unpaired) electrons. The molecule has 1 heterocycles. The van der Waals surface area contributed by atoms with E-state index in [4.69, 9.17) is 4.74 Å². The van der Waals surface area contributed by atoms with Gasteiger partial charge in [0.15, 0.2) is 0 Å². The number of carbonyl (C=O) groups is 1. The van der Waals surface area contributed by atoms with E-state index >= 15 is 0 Å². The van der Waals surface area contributed by atoms with Gasteiger partial charge in [-0.2, -0.15) is 0 Å². The summed E-state index contributed by atoms with van der Waals surface area (Å²) in [5, 5.41) is 3.32. The van der Waals surface area contributed by atoms with E-state index in [1.165, 1.54) is 16.7 Å². The summed E-state index contributed by atoms with van der Waals surface area (Å²) >= 11 is 0. The molecule has 1 aliphatic rings. The molecule has 1 aromatic carbocycles. The molecule has 1 aliphatic heterocycles. The van der Waals surface area contributed by atoms with E-state index in [-0.39, 0.29) is 17.4 Å². The lowest BCUT2D eigenvalue weighted by Crippen LogP contribution is -2.48. The maximum absolute atomic E-state index is 12.9. The maximum Gasteiger partial charge on any atom is 0.225 e. The first kappa shape index (κ1) is 26.2. The number of likely N-dealkylation sites (tertiary alicyclic amines) is 1. The third kappa shape index (κ3) is 8.82. The van der Waals surface area contributed by atoms with Crippen molar-refractivity contribution in [1.82, 2.24) is 10.2 Å². The minimum atomic E-state index is -0.383. The van der Waals surface area contributed by atoms with Crippen molar-refractivity contribution in [2.45, 2.75) is 79.7 Å². The number of allylic oxidation sites excluding steroid dienone is 2. The summed E-state index contributed by atoms with van der Waals surface area (Å²) in [5.74, 6) is 1.09. The molecule has 178 valence electrons. The predicted molar refractivity (Wildman–Crippen MR) is 135 cm³/mol. The average molecular weight is 441 g/mol. The van der Waals surface area contributed by atoms with E-state index in [9.17, 15) is 4.79 Å². The van der Waals surface area contributed by atoms with Gasteiger partial charge in [0.25, 0.3) is 0 Å². The van der Waals surface area contributed by atoms with Crippen LogP contribution in [-0.2, 0) is 4.79 Å². The summed E-state index contributed by atoms with van der Waals surface area (Å²) in [5.41, 5.74) is 3.43. The highest BCUT2D eigenvalue weighted by atomic mass is 16.5. The molecule has 1 aromatic rings. The van der Waals surface area contributed by atoms with Crippen LogP contribution in [0.1, 0.15) is 70.9 Å². The van der Waals surface area contributed by atoms with Gasteiger partial charge in [-0.3, -0.25) is 9.69 Å². The molecule has 0 aromatic heterocycles. The molecule has 4 heteroatoms. The molecule has 0 saturated carbocycles. The van der Waals surface area contributed by atoms with Crippen molar-refractivity contribution >= 4 is 5.91 Å². The van der Waals surface area contributed by atoms with Gasteiger partial charge in [-0.25, -0.2) is 0 Å². The Morgan fingerprint density at radius 3 is 2.44 bits per heavy atom. The fraction of sp³-hybridized carbons (Fsp3) is 0.607. The molecular weight excluding hydrogens is 396 g/mol. The average Bonchev–Trinajstić information content (AvgIpc) is 2.72. The smallest absolute Gasteiger partial charge is 0.225 e. The van der Waals surface area contributed by atoms with Gasteiger partial charge in [0.1, 0.15) is 5.75 Å². The van der Waals surface area contributed by atoms with Crippen molar-refractivity contribution in [3.05, 3.63) is 53.1 Å². The SMILES string of the molecule is C/C=C\C(=C/CC)CN1CCC(NC(=O)C(C)(C)CCCOc2cc(C)cc(C)c2)CC1. The van der Waals surface area contributed by atoms with E-state index in [0.29, 0.717) is 6.61 Å². The Morgan fingerprint density at radius 2 is 1.84 bits per heavy atom. The molecule has 1 fully saturated rings. The molecule has 0 spiro atoms. The number of nitrogens with one attached hydrogen (secondary N) is 1. The Labute approximate surface area is 196 Å². The van der Waals surface area contributed by atoms with Gasteiger partial charge in [-0.1, -0.05) is 45.1 Å². The Kier molecular flexibility index (Phi) is 10.5. The number of nitrogens with zero attached hydrogens (tertiary/aromatic N) is 1. The summed E-state index contributed by atoms with van der Waals surface area (Å²) in [4.78, 5) is 15.4. The number of ether oxygens (including phenoxy) is 1. The Hall–Kier alpha value is -2.07. The molecule has 0 atom stereocenters. The van der Waals surface area contributed by atoms with Crippen LogP contribution in [0.15, 0.2) is 42.0 Å². The highest BCUT2D eigenvalue weighted by Crippen LogP contribution is 2.25. The third-order valence-corrected chi connectivity index (χ3v) is 6.20. The minimum Gasteiger partial charge on any atom is -0.494 e. The molecular formula is C28H44N2O2. The lowest BCUT2D eigenvalue weighted by molar-refractivity contribution is -0.130. The fourth-order valence-electron chi connectivity index (χ4n) is 4.37. The maximum atomic E-state index is 12.9. The lowest BCUT2D eigenvalue weighted by atomic mass is 9.86. The lowest BCUT2D eigenvalue weighted by Gasteiger charge is -2.34. The second-order valence-electron chi connectivity index (χ2n) is 9.87. The summed E-state index contributed by atoms with van der Waals surface area (Å²) < 4.78 is 5.92. The number of benzene rings is 1. The summed E-state index contributed by atoms with van der Waals surface area (Å²) in [6.45, 7) is 16.2. The largest absolute Gasteiger partial charge is 0.494 e. The van der Waals surface area contributed by atoms with Crippen LogP contribution in [0.2, 0.25) is 0 Å². The topological polar surface area (TPSA) is 41.6 Å². The second kappa shape index (κ2) is 12.8. The summed E-state index contributed by atoms with van der Waals surface area (Å²) in [6, 6.07) is 6.56. The van der Waals surface area contributed by atoms with Crippen molar-refractivity contribution in [2.75, 3.05) is 26.2 Å². The molecule has 1 saturated heterocycles. The monoisotopic (exact) mass is 440 g/mol. The first-order valence-corrected chi connectivity index (χ1v) is 12.3. The zero-order valence-corrected chi connectivity index (χ0v) is 21.2. The van der Waals surface area contributed by atoms with Gasteiger partial charge in [0.2, 0.25) is 5.91 Å². The number of carbonyl (C=O) groups excluding carboxylic acids is 1. The zero-order chi connectivity index (χ0) is 23.6. The number of hydrogen-bond donors (Lipinski definition) is 1. The van der Waals surface area contributed by atoms with E-state index in [2.05, 4.69) is 74.3 Å². The number of piperidine rings is 1. The van der Waals surface area contributed by atoms with Gasteiger partial charge < -0.3 is 10.1 Å². The van der Waals surface area contributed by atoms with E-state index in [0.717, 1.165) is 57.5 Å². The van der Waals surface area contributed by atoms with Gasteiger partial charge in [-0.05, 0) is 81.7 Å². The first-order chi connectivity index (χ1) is 15.2. The van der Waals surface area contributed by atoms with Crippen molar-refractivity contribution in [3.63, 3.8) is 0 Å². The Balaban J connectivity index is 1.72. The number of rotatable bonds is 11. The van der Waals surface area contributed by atoms with Crippen molar-refractivity contribution in [3.8, 4) is 5.75 Å². The normalized spacial score (nSPS) is 16.5. The van der Waals surface area contributed by atoms with Crippen LogP contribution >= 0.6 is 0 Å². The standard InChI is InChI=1S/C28H44N2O2/c1-7-10-24(11-8-2)21-30-15-12-25(13-16-30)29-27(31)28(5,6)14-9-17-32-26-19-22(3)18-23(4)20-26/h7,10-11,18-20,25H,8-9,12-17,21H2,1-6H3,(H,29,31)/b10-7-,24-11+. The quantitative estimate of drug-likeness (QED) is 0.340. The van der Waals surface area contributed by atoms with E-state index in [1.54, 1.807) is 0 Å². The van der Waals surface area contributed by atoms with E-state index < -0.39 is 0 Å². The molecule has 0 unspecified atom stereocenters. The van der Waals surface area contributed by atoms with Gasteiger partial charge in [-0.15, -0.1) is 0 Å². The Bertz CT molecular complexity index is 766. The van der Waals surface area contributed by atoms with Crippen LogP contribution in [0.4, 0.5) is 0 Å². The van der Waals surface area contributed by atoms with E-state index in [1.807, 2.05) is 13.8 Å². The zero-order valence-electron chi connectivity index (χ0n) is 21.2. The van der Waals surface area contributed by atoms with Crippen molar-refractivity contribution < 1.29 is 9.53 Å². The number of amides is 1.